The lowest BCUT2D eigenvalue weighted by molar-refractivity contribution is 0.431. The van der Waals surface area contributed by atoms with Gasteiger partial charge in [0.1, 0.15) is 0 Å². The first-order valence-corrected chi connectivity index (χ1v) is 7.09. The molecular weight excluding hydrogens is 408 g/mol. The molecule has 124 valence electrons. The maximum absolute atomic E-state index is 13.3. The largest absolute Gasteiger partial charge is 0.505 e. The first kappa shape index (κ1) is 19.2. The number of nitrogens with zero attached hydrogens (tertiary/aromatic N) is 1. The molecule has 2 aromatic carbocycles. The number of phenols is 1. The molecule has 23 heavy (non-hydrogen) atoms. The third-order valence-corrected chi connectivity index (χ3v) is 3.35. The second-order valence-electron chi connectivity index (χ2n) is 4.99. The summed E-state index contributed by atoms with van der Waals surface area (Å²) >= 11 is 0. The van der Waals surface area contributed by atoms with Gasteiger partial charge in [-0.2, -0.15) is 0 Å². The summed E-state index contributed by atoms with van der Waals surface area (Å²) in [6.07, 6.45) is 0. The van der Waals surface area contributed by atoms with E-state index in [4.69, 9.17) is 0 Å². The minimum atomic E-state index is -0.625. The zero-order valence-corrected chi connectivity index (χ0v) is 15.4. The number of aromatic hydroxyl groups is 1. The summed E-state index contributed by atoms with van der Waals surface area (Å²) in [4.78, 5) is 4.16. The lowest BCUT2D eigenvalue weighted by Crippen LogP contribution is -2.38. The maximum atomic E-state index is 13.3. The predicted octanol–water partition coefficient (Wildman–Crippen LogP) is 3.58. The monoisotopic (exact) mass is 429 g/mol. The fraction of sp³-hybridized carbons (Fsp3) is 0.235. The Bertz CT molecular complexity index is 650. The van der Waals surface area contributed by atoms with Gasteiger partial charge in [-0.25, -0.2) is 4.39 Å². The second kappa shape index (κ2) is 9.34. The molecule has 3 N–H and O–H groups in total. The van der Waals surface area contributed by atoms with Gasteiger partial charge in [-0.1, -0.05) is 36.4 Å². The van der Waals surface area contributed by atoms with Gasteiger partial charge in [0.15, 0.2) is 17.5 Å². The molecule has 0 saturated heterocycles. The van der Waals surface area contributed by atoms with E-state index in [0.717, 1.165) is 11.1 Å². The third-order valence-electron chi connectivity index (χ3n) is 3.35. The molecule has 0 aliphatic carbocycles. The molecule has 2 aromatic rings. The molecule has 0 aliphatic heterocycles. The highest BCUT2D eigenvalue weighted by atomic mass is 127. The van der Waals surface area contributed by atoms with Gasteiger partial charge in [0.05, 0.1) is 6.04 Å². The molecule has 0 spiro atoms. The average molecular weight is 429 g/mol. The molecule has 0 amide bonds. The highest BCUT2D eigenvalue weighted by Crippen LogP contribution is 2.16. The van der Waals surface area contributed by atoms with Crippen molar-refractivity contribution in [2.45, 2.75) is 19.5 Å². The van der Waals surface area contributed by atoms with Crippen LogP contribution in [0.1, 0.15) is 24.1 Å². The van der Waals surface area contributed by atoms with Crippen LogP contribution in [0, 0.1) is 5.82 Å². The van der Waals surface area contributed by atoms with E-state index in [0.29, 0.717) is 12.5 Å². The summed E-state index contributed by atoms with van der Waals surface area (Å²) in [5.41, 5.74) is 1.88. The Labute approximate surface area is 152 Å². The van der Waals surface area contributed by atoms with Crippen molar-refractivity contribution in [1.82, 2.24) is 10.6 Å². The number of guanidine groups is 1. The van der Waals surface area contributed by atoms with E-state index in [9.17, 15) is 9.50 Å². The average Bonchev–Trinajstić information content (AvgIpc) is 2.55. The molecule has 1 unspecified atom stereocenters. The lowest BCUT2D eigenvalue weighted by Gasteiger charge is -2.18. The summed E-state index contributed by atoms with van der Waals surface area (Å²) in [5, 5.41) is 15.6. The van der Waals surface area contributed by atoms with E-state index in [1.807, 2.05) is 37.3 Å². The molecular formula is C17H21FIN3O. The van der Waals surface area contributed by atoms with E-state index in [2.05, 4.69) is 15.6 Å². The van der Waals surface area contributed by atoms with Crippen LogP contribution in [-0.4, -0.2) is 18.1 Å². The van der Waals surface area contributed by atoms with Crippen LogP contribution >= 0.6 is 24.0 Å². The minimum absolute atomic E-state index is 0. The molecule has 0 aromatic heterocycles. The molecule has 2 rings (SSSR count). The molecule has 0 aliphatic rings. The van der Waals surface area contributed by atoms with Crippen molar-refractivity contribution >= 4 is 29.9 Å². The van der Waals surface area contributed by atoms with Crippen molar-refractivity contribution in [2.24, 2.45) is 4.99 Å². The molecule has 1 atom stereocenters. The number of hydrogen-bond donors (Lipinski definition) is 3. The number of phenolic OH excluding ortho intramolecular Hbond substituents is 1. The van der Waals surface area contributed by atoms with Crippen LogP contribution in [0.4, 0.5) is 4.39 Å². The zero-order valence-electron chi connectivity index (χ0n) is 13.1. The van der Waals surface area contributed by atoms with Crippen molar-refractivity contribution in [3.8, 4) is 5.75 Å². The highest BCUT2D eigenvalue weighted by Gasteiger charge is 2.07. The van der Waals surface area contributed by atoms with Gasteiger partial charge in [-0.05, 0) is 30.2 Å². The SMILES string of the molecule is CN=C(NCc1ccc(O)c(F)c1)NC(C)c1ccccc1.I. The van der Waals surface area contributed by atoms with Gasteiger partial charge in [-0.3, -0.25) is 4.99 Å². The van der Waals surface area contributed by atoms with Crippen molar-refractivity contribution in [1.29, 1.82) is 0 Å². The van der Waals surface area contributed by atoms with Gasteiger partial charge in [0.2, 0.25) is 0 Å². The number of benzene rings is 2. The first-order chi connectivity index (χ1) is 10.6. The standard InChI is InChI=1S/C17H20FN3O.HI/c1-12(14-6-4-3-5-7-14)21-17(19-2)20-11-13-8-9-16(22)15(18)10-13;/h3-10,12,22H,11H2,1-2H3,(H2,19,20,21);1H. The van der Waals surface area contributed by atoms with Gasteiger partial charge in [-0.15, -0.1) is 24.0 Å². The number of aliphatic imine (C=N–C) groups is 1. The predicted molar refractivity (Wildman–Crippen MR) is 102 cm³/mol. The molecule has 0 saturated carbocycles. The van der Waals surface area contributed by atoms with Crippen LogP contribution in [0.3, 0.4) is 0 Å². The third kappa shape index (κ3) is 5.70. The van der Waals surface area contributed by atoms with E-state index in [1.54, 1.807) is 13.1 Å². The smallest absolute Gasteiger partial charge is 0.191 e. The number of nitrogens with one attached hydrogen (secondary N) is 2. The van der Waals surface area contributed by atoms with Crippen LogP contribution in [-0.2, 0) is 6.54 Å². The number of halogens is 2. The number of hydrogen-bond acceptors (Lipinski definition) is 2. The van der Waals surface area contributed by atoms with Gasteiger partial charge in [0, 0.05) is 13.6 Å². The summed E-state index contributed by atoms with van der Waals surface area (Å²) in [7, 11) is 1.68. The molecule has 0 heterocycles. The first-order valence-electron chi connectivity index (χ1n) is 7.09. The molecule has 6 heteroatoms. The van der Waals surface area contributed by atoms with Crippen molar-refractivity contribution in [3.05, 3.63) is 65.5 Å². The van der Waals surface area contributed by atoms with Crippen LogP contribution in [0.15, 0.2) is 53.5 Å². The van der Waals surface area contributed by atoms with Crippen LogP contribution in [0.25, 0.3) is 0 Å². The Morgan fingerprint density at radius 3 is 2.52 bits per heavy atom. The van der Waals surface area contributed by atoms with Crippen LogP contribution in [0.5, 0.6) is 5.75 Å². The lowest BCUT2D eigenvalue weighted by atomic mass is 10.1. The normalized spacial score (nSPS) is 12.2. The van der Waals surface area contributed by atoms with Crippen molar-refractivity contribution in [2.75, 3.05) is 7.05 Å². The van der Waals surface area contributed by atoms with Crippen molar-refractivity contribution in [3.63, 3.8) is 0 Å². The zero-order chi connectivity index (χ0) is 15.9. The maximum Gasteiger partial charge on any atom is 0.191 e. The molecule has 4 nitrogen and oxygen atoms in total. The number of rotatable bonds is 4. The Hall–Kier alpha value is -1.83. The highest BCUT2D eigenvalue weighted by molar-refractivity contribution is 14.0. The second-order valence-corrected chi connectivity index (χ2v) is 4.99. The van der Waals surface area contributed by atoms with Crippen LogP contribution < -0.4 is 10.6 Å². The summed E-state index contributed by atoms with van der Waals surface area (Å²) in [6, 6.07) is 14.4. The summed E-state index contributed by atoms with van der Waals surface area (Å²) in [5.74, 6) is -0.339. The summed E-state index contributed by atoms with van der Waals surface area (Å²) in [6.45, 7) is 2.46. The van der Waals surface area contributed by atoms with Crippen molar-refractivity contribution < 1.29 is 9.50 Å². The van der Waals surface area contributed by atoms with Crippen LogP contribution in [0.2, 0.25) is 0 Å². The Morgan fingerprint density at radius 1 is 1.22 bits per heavy atom. The minimum Gasteiger partial charge on any atom is -0.505 e. The Kier molecular flexibility index (Phi) is 7.80. The van der Waals surface area contributed by atoms with E-state index >= 15 is 0 Å². The fourth-order valence-corrected chi connectivity index (χ4v) is 2.07. The van der Waals surface area contributed by atoms with Gasteiger partial charge in [0.25, 0.3) is 0 Å². The van der Waals surface area contributed by atoms with E-state index in [1.165, 1.54) is 12.1 Å². The molecule has 0 bridgehead atoms. The Morgan fingerprint density at radius 2 is 1.91 bits per heavy atom. The molecule has 0 radical (unpaired) electrons. The topological polar surface area (TPSA) is 56.7 Å². The fourth-order valence-electron chi connectivity index (χ4n) is 2.07. The quantitative estimate of drug-likeness (QED) is 0.396. The van der Waals surface area contributed by atoms with E-state index in [-0.39, 0.29) is 35.8 Å². The molecule has 0 fully saturated rings. The Balaban J connectivity index is 0.00000264. The van der Waals surface area contributed by atoms with E-state index < -0.39 is 5.82 Å². The van der Waals surface area contributed by atoms with Gasteiger partial charge < -0.3 is 15.7 Å². The van der Waals surface area contributed by atoms with Gasteiger partial charge >= 0.3 is 0 Å². The summed E-state index contributed by atoms with van der Waals surface area (Å²) < 4.78 is 13.3.